The van der Waals surface area contributed by atoms with Crippen LogP contribution in [0.4, 0.5) is 11.4 Å². The number of anilines is 2. The van der Waals surface area contributed by atoms with Crippen LogP contribution >= 0.6 is 23.1 Å². The first-order valence-electron chi connectivity index (χ1n) is 12.5. The largest absolute Gasteiger partial charge is 0.454 e. The third-order valence-corrected chi connectivity index (χ3v) is 8.32. The molecule has 204 valence electrons. The normalized spacial score (nSPS) is 14.7. The molecule has 5 rings (SSSR count). The lowest BCUT2D eigenvalue weighted by molar-refractivity contribution is -0.132. The zero-order chi connectivity index (χ0) is 27.2. The first-order valence-corrected chi connectivity index (χ1v) is 14.4. The summed E-state index contributed by atoms with van der Waals surface area (Å²) in [5.41, 5.74) is 3.21. The number of amides is 3. The summed E-state index contributed by atoms with van der Waals surface area (Å²) in [7, 11) is 0. The highest BCUT2D eigenvalue weighted by Crippen LogP contribution is 2.33. The van der Waals surface area contributed by atoms with Crippen LogP contribution in [0.1, 0.15) is 18.2 Å². The van der Waals surface area contributed by atoms with Crippen LogP contribution in [0.15, 0.2) is 52.2 Å². The maximum atomic E-state index is 12.9. The third kappa shape index (κ3) is 7.49. The quantitative estimate of drug-likeness (QED) is 0.378. The van der Waals surface area contributed by atoms with Crippen molar-refractivity contribution in [1.82, 2.24) is 14.8 Å². The zero-order valence-electron chi connectivity index (χ0n) is 21.5. The molecule has 2 aromatic carbocycles. The van der Waals surface area contributed by atoms with E-state index in [-0.39, 0.29) is 36.7 Å². The fraction of sp³-hybridized carbons (Fsp3) is 0.333. The number of nitrogens with zero attached hydrogens (tertiary/aromatic N) is 3. The number of hydrogen-bond donors (Lipinski definition) is 2. The number of hydrogen-bond acceptors (Lipinski definition) is 9. The lowest BCUT2D eigenvalue weighted by Crippen LogP contribution is -2.48. The Hall–Kier alpha value is -3.61. The smallest absolute Gasteiger partial charge is 0.234 e. The van der Waals surface area contributed by atoms with E-state index in [9.17, 15) is 14.4 Å². The number of thiazole rings is 1. The molecule has 10 nitrogen and oxygen atoms in total. The van der Waals surface area contributed by atoms with Crippen molar-refractivity contribution in [1.29, 1.82) is 0 Å². The second-order valence-corrected chi connectivity index (χ2v) is 11.3. The molecule has 39 heavy (non-hydrogen) atoms. The molecule has 0 radical (unpaired) electrons. The number of nitrogens with one attached hydrogen (secondary N) is 2. The summed E-state index contributed by atoms with van der Waals surface area (Å²) in [5, 5.41) is 7.40. The molecule has 0 spiro atoms. The van der Waals surface area contributed by atoms with Gasteiger partial charge in [-0.05, 0) is 42.0 Å². The van der Waals surface area contributed by atoms with Crippen molar-refractivity contribution in [2.75, 3.05) is 49.4 Å². The summed E-state index contributed by atoms with van der Waals surface area (Å²) in [5.74, 6) is 1.55. The van der Waals surface area contributed by atoms with Crippen LogP contribution in [0.2, 0.25) is 0 Å². The molecule has 12 heteroatoms. The van der Waals surface area contributed by atoms with Crippen molar-refractivity contribution in [3.8, 4) is 11.5 Å². The minimum absolute atomic E-state index is 0.0695. The van der Waals surface area contributed by atoms with Gasteiger partial charge in [-0.3, -0.25) is 19.3 Å². The van der Waals surface area contributed by atoms with E-state index in [1.807, 2.05) is 22.4 Å². The van der Waals surface area contributed by atoms with E-state index in [0.29, 0.717) is 24.5 Å². The van der Waals surface area contributed by atoms with Crippen LogP contribution in [-0.4, -0.2) is 71.2 Å². The van der Waals surface area contributed by atoms with Crippen molar-refractivity contribution in [2.45, 2.75) is 24.2 Å². The Bertz CT molecular complexity index is 1340. The molecule has 0 aliphatic carbocycles. The number of benzene rings is 2. The van der Waals surface area contributed by atoms with E-state index in [1.165, 1.54) is 35.6 Å². The van der Waals surface area contributed by atoms with Crippen LogP contribution < -0.4 is 20.1 Å². The molecule has 3 heterocycles. The van der Waals surface area contributed by atoms with Crippen LogP contribution in [-0.2, 0) is 27.3 Å². The SMILES string of the molecule is CC(=O)Nc1ccc(NC(=O)CSc2nc(CC(=O)N3CCN(Cc4ccc5c(c4)OCO5)CC3)cs2)cc1. The Balaban J connectivity index is 1.02. The molecular formula is C27H29N5O5S2. The Morgan fingerprint density at radius 2 is 1.69 bits per heavy atom. The highest BCUT2D eigenvalue weighted by atomic mass is 32.2. The summed E-state index contributed by atoms with van der Waals surface area (Å²) < 4.78 is 11.6. The molecule has 0 atom stereocenters. The van der Waals surface area contributed by atoms with Gasteiger partial charge in [0, 0.05) is 56.4 Å². The third-order valence-electron chi connectivity index (χ3n) is 6.25. The zero-order valence-corrected chi connectivity index (χ0v) is 23.1. The van der Waals surface area contributed by atoms with E-state index in [1.54, 1.807) is 24.3 Å². The topological polar surface area (TPSA) is 113 Å². The monoisotopic (exact) mass is 567 g/mol. The highest BCUT2D eigenvalue weighted by molar-refractivity contribution is 8.01. The summed E-state index contributed by atoms with van der Waals surface area (Å²) in [6, 6.07) is 12.9. The van der Waals surface area contributed by atoms with Gasteiger partial charge in [-0.2, -0.15) is 0 Å². The standard InChI is InChI=1S/C27H29N5O5S2/c1-18(33)28-20-3-5-21(6-4-20)29-25(34)16-39-27-30-22(15-38-27)13-26(35)32-10-8-31(9-11-32)14-19-2-7-23-24(12-19)37-17-36-23/h2-7,12,15H,8-11,13-14,16-17H2,1H3,(H,28,33)(H,29,34). The van der Waals surface area contributed by atoms with Crippen molar-refractivity contribution in [2.24, 2.45) is 0 Å². The minimum atomic E-state index is -0.154. The second-order valence-electron chi connectivity index (χ2n) is 9.22. The molecule has 0 unspecified atom stereocenters. The van der Waals surface area contributed by atoms with Gasteiger partial charge < -0.3 is 25.0 Å². The lowest BCUT2D eigenvalue weighted by Gasteiger charge is -2.34. The van der Waals surface area contributed by atoms with Crippen molar-refractivity contribution in [3.05, 3.63) is 59.1 Å². The van der Waals surface area contributed by atoms with Gasteiger partial charge >= 0.3 is 0 Å². The van der Waals surface area contributed by atoms with Crippen molar-refractivity contribution in [3.63, 3.8) is 0 Å². The van der Waals surface area contributed by atoms with Gasteiger partial charge in [0.15, 0.2) is 15.8 Å². The molecule has 2 aliphatic rings. The van der Waals surface area contributed by atoms with Crippen molar-refractivity contribution >= 4 is 52.2 Å². The molecule has 1 fully saturated rings. The highest BCUT2D eigenvalue weighted by Gasteiger charge is 2.23. The fourth-order valence-electron chi connectivity index (χ4n) is 4.32. The first-order chi connectivity index (χ1) is 18.9. The molecule has 0 saturated carbocycles. The first kappa shape index (κ1) is 27.0. The predicted octanol–water partition coefficient (Wildman–Crippen LogP) is 3.45. The average Bonchev–Trinajstić information content (AvgIpc) is 3.58. The van der Waals surface area contributed by atoms with Gasteiger partial charge in [-0.25, -0.2) is 4.98 Å². The van der Waals surface area contributed by atoms with E-state index < -0.39 is 0 Å². The van der Waals surface area contributed by atoms with Crippen LogP contribution in [0, 0.1) is 0 Å². The number of ether oxygens (including phenoxy) is 2. The molecule has 3 amide bonds. The van der Waals surface area contributed by atoms with Crippen LogP contribution in [0.5, 0.6) is 11.5 Å². The molecule has 3 aromatic rings. The van der Waals surface area contributed by atoms with Crippen LogP contribution in [0.25, 0.3) is 0 Å². The van der Waals surface area contributed by atoms with E-state index in [4.69, 9.17) is 9.47 Å². The van der Waals surface area contributed by atoms with E-state index in [0.717, 1.165) is 41.2 Å². The molecule has 1 aromatic heterocycles. The number of piperazine rings is 1. The predicted molar refractivity (Wildman–Crippen MR) is 150 cm³/mol. The summed E-state index contributed by atoms with van der Waals surface area (Å²) in [6.07, 6.45) is 0.256. The Morgan fingerprint density at radius 3 is 2.44 bits per heavy atom. The number of aromatic nitrogens is 1. The molecule has 2 N–H and O–H groups in total. The van der Waals surface area contributed by atoms with E-state index >= 15 is 0 Å². The number of fused-ring (bicyclic) bond motifs is 1. The maximum absolute atomic E-state index is 12.9. The summed E-state index contributed by atoms with van der Waals surface area (Å²) >= 11 is 2.78. The fourth-order valence-corrected chi connectivity index (χ4v) is 5.96. The summed E-state index contributed by atoms with van der Waals surface area (Å²) in [6.45, 7) is 5.50. The number of carbonyl (C=O) groups excluding carboxylic acids is 3. The Morgan fingerprint density at radius 1 is 0.974 bits per heavy atom. The molecule has 1 saturated heterocycles. The van der Waals surface area contributed by atoms with Gasteiger partial charge in [-0.1, -0.05) is 17.8 Å². The maximum Gasteiger partial charge on any atom is 0.234 e. The van der Waals surface area contributed by atoms with Gasteiger partial charge in [0.2, 0.25) is 24.5 Å². The van der Waals surface area contributed by atoms with Gasteiger partial charge in [0.1, 0.15) is 0 Å². The van der Waals surface area contributed by atoms with Gasteiger partial charge in [0.25, 0.3) is 0 Å². The van der Waals surface area contributed by atoms with Gasteiger partial charge in [0.05, 0.1) is 17.9 Å². The minimum Gasteiger partial charge on any atom is -0.454 e. The van der Waals surface area contributed by atoms with Gasteiger partial charge in [-0.15, -0.1) is 11.3 Å². The molecule has 0 bridgehead atoms. The van der Waals surface area contributed by atoms with E-state index in [2.05, 4.69) is 26.6 Å². The average molecular weight is 568 g/mol. The number of thioether (sulfide) groups is 1. The second kappa shape index (κ2) is 12.5. The summed E-state index contributed by atoms with van der Waals surface area (Å²) in [4.78, 5) is 45.1. The van der Waals surface area contributed by atoms with Crippen LogP contribution in [0.3, 0.4) is 0 Å². The number of rotatable bonds is 9. The number of carbonyl (C=O) groups is 3. The Labute approximate surface area is 234 Å². The lowest BCUT2D eigenvalue weighted by atomic mass is 10.1. The molecule has 2 aliphatic heterocycles. The Kier molecular flexibility index (Phi) is 8.64. The molecular weight excluding hydrogens is 538 g/mol. The van der Waals surface area contributed by atoms with Crippen molar-refractivity contribution < 1.29 is 23.9 Å².